The number of nitrogens with zero attached hydrogens (tertiary/aromatic N) is 2. The van der Waals surface area contributed by atoms with Crippen molar-refractivity contribution in [3.8, 4) is 0 Å². The molecule has 0 atom stereocenters. The van der Waals surface area contributed by atoms with Crippen LogP contribution in [-0.2, 0) is 4.74 Å². The minimum atomic E-state index is -0.543. The predicted octanol–water partition coefficient (Wildman–Crippen LogP) is 3.35. The second kappa shape index (κ2) is 6.86. The molecular weight excluding hydrogens is 322 g/mol. The topological polar surface area (TPSA) is 108 Å². The summed E-state index contributed by atoms with van der Waals surface area (Å²) in [6.45, 7) is 5.74. The average Bonchev–Trinajstić information content (AvgIpc) is 2.84. The summed E-state index contributed by atoms with van der Waals surface area (Å²) in [5.74, 6) is 0.531. The molecule has 0 fully saturated rings. The molecule has 1 aromatic carbocycles. The van der Waals surface area contributed by atoms with Crippen molar-refractivity contribution in [1.82, 2.24) is 10.5 Å². The summed E-state index contributed by atoms with van der Waals surface area (Å²) in [7, 11) is 0. The van der Waals surface area contributed by atoms with E-state index in [2.05, 4.69) is 10.5 Å². The molecule has 2 rings (SSSR count). The number of aromatic nitrogens is 1. The van der Waals surface area contributed by atoms with Crippen LogP contribution in [-0.4, -0.2) is 34.1 Å². The number of carbonyl (C=O) groups excluding carboxylic acids is 1. The number of non-ortho nitro benzene ring substituents is 1. The van der Waals surface area contributed by atoms with Gasteiger partial charge in [-0.1, -0.05) is 11.2 Å². The highest BCUT2D eigenvalue weighted by Gasteiger charge is 2.19. The van der Waals surface area contributed by atoms with Crippen molar-refractivity contribution in [2.24, 2.45) is 0 Å². The Kier molecular flexibility index (Phi) is 5.09. The zero-order valence-corrected chi connectivity index (χ0v) is 13.8. The first-order valence-corrected chi connectivity index (χ1v) is 7.89. The van der Waals surface area contributed by atoms with Gasteiger partial charge >= 0.3 is 11.8 Å². The maximum Gasteiger partial charge on any atom is 0.407 e. The van der Waals surface area contributed by atoms with Gasteiger partial charge in [0.1, 0.15) is 10.6 Å². The SMILES string of the molecule is CC(C)(C)OC(=O)NCCSc1noc2c([N+](=O)[O-])cccc12. The first kappa shape index (κ1) is 17.1. The van der Waals surface area contributed by atoms with Gasteiger partial charge in [-0.05, 0) is 26.8 Å². The van der Waals surface area contributed by atoms with E-state index in [1.54, 1.807) is 32.9 Å². The molecule has 2 aromatic rings. The number of nitro groups is 1. The molecule has 0 bridgehead atoms. The molecule has 1 N–H and O–H groups in total. The van der Waals surface area contributed by atoms with Crippen LogP contribution in [0.1, 0.15) is 20.8 Å². The van der Waals surface area contributed by atoms with Crippen LogP contribution in [0.5, 0.6) is 0 Å². The van der Waals surface area contributed by atoms with Crippen LogP contribution in [0.2, 0.25) is 0 Å². The van der Waals surface area contributed by atoms with Gasteiger partial charge in [-0.15, -0.1) is 11.8 Å². The molecule has 0 radical (unpaired) electrons. The van der Waals surface area contributed by atoms with Gasteiger partial charge in [0.05, 0.1) is 10.3 Å². The predicted molar refractivity (Wildman–Crippen MR) is 85.6 cm³/mol. The molecule has 8 nitrogen and oxygen atoms in total. The number of nitrogens with one attached hydrogen (secondary N) is 1. The van der Waals surface area contributed by atoms with Gasteiger partial charge in [0.25, 0.3) is 0 Å². The number of fused-ring (bicyclic) bond motifs is 1. The number of rotatable bonds is 5. The van der Waals surface area contributed by atoms with Crippen molar-refractivity contribution < 1.29 is 19.0 Å². The molecule has 0 saturated heterocycles. The second-order valence-corrected chi connectivity index (χ2v) is 6.76. The van der Waals surface area contributed by atoms with Gasteiger partial charge < -0.3 is 14.6 Å². The van der Waals surface area contributed by atoms with E-state index in [9.17, 15) is 14.9 Å². The van der Waals surface area contributed by atoms with E-state index in [4.69, 9.17) is 9.26 Å². The number of para-hydroxylation sites is 1. The van der Waals surface area contributed by atoms with Crippen LogP contribution in [0, 0.1) is 10.1 Å². The van der Waals surface area contributed by atoms with Gasteiger partial charge in [-0.3, -0.25) is 10.1 Å². The number of thioether (sulfide) groups is 1. The molecule has 1 amide bonds. The highest BCUT2D eigenvalue weighted by atomic mass is 32.2. The molecule has 124 valence electrons. The van der Waals surface area contributed by atoms with E-state index in [-0.39, 0.29) is 11.3 Å². The third kappa shape index (κ3) is 4.59. The minimum absolute atomic E-state index is 0.117. The van der Waals surface area contributed by atoms with Crippen LogP contribution >= 0.6 is 11.8 Å². The number of amides is 1. The van der Waals surface area contributed by atoms with Crippen molar-refractivity contribution in [1.29, 1.82) is 0 Å². The van der Waals surface area contributed by atoms with E-state index in [0.29, 0.717) is 22.7 Å². The first-order chi connectivity index (χ1) is 10.8. The Morgan fingerprint density at radius 3 is 2.87 bits per heavy atom. The molecule has 0 aliphatic rings. The standard InChI is InChI=1S/C14H17N3O5S/c1-14(2,3)21-13(18)15-7-8-23-12-9-5-4-6-10(17(19)20)11(9)22-16-12/h4-6H,7-8H2,1-3H3,(H,15,18). The molecule has 0 unspecified atom stereocenters. The van der Waals surface area contributed by atoms with Crippen LogP contribution in [0.15, 0.2) is 27.7 Å². The van der Waals surface area contributed by atoms with E-state index in [1.807, 2.05) is 0 Å². The zero-order chi connectivity index (χ0) is 17.0. The smallest absolute Gasteiger partial charge is 0.407 e. The van der Waals surface area contributed by atoms with Crippen LogP contribution in [0.4, 0.5) is 10.5 Å². The number of ether oxygens (including phenoxy) is 1. The van der Waals surface area contributed by atoms with Crippen molar-refractivity contribution in [3.63, 3.8) is 0 Å². The highest BCUT2D eigenvalue weighted by Crippen LogP contribution is 2.32. The fourth-order valence-electron chi connectivity index (χ4n) is 1.79. The maximum absolute atomic E-state index is 11.5. The number of hydrogen-bond donors (Lipinski definition) is 1. The van der Waals surface area contributed by atoms with E-state index in [1.165, 1.54) is 17.8 Å². The lowest BCUT2D eigenvalue weighted by molar-refractivity contribution is -0.383. The lowest BCUT2D eigenvalue weighted by Gasteiger charge is -2.19. The van der Waals surface area contributed by atoms with Gasteiger partial charge in [-0.2, -0.15) is 0 Å². The van der Waals surface area contributed by atoms with E-state index in [0.717, 1.165) is 0 Å². The Morgan fingerprint density at radius 2 is 2.22 bits per heavy atom. The highest BCUT2D eigenvalue weighted by molar-refractivity contribution is 7.99. The summed E-state index contributed by atoms with van der Waals surface area (Å²) in [5.41, 5.74) is -0.507. The van der Waals surface area contributed by atoms with Crippen molar-refractivity contribution in [2.75, 3.05) is 12.3 Å². The van der Waals surface area contributed by atoms with E-state index < -0.39 is 16.6 Å². The molecule has 1 heterocycles. The number of alkyl carbamates (subject to hydrolysis) is 1. The fourth-order valence-corrected chi connectivity index (χ4v) is 2.59. The van der Waals surface area contributed by atoms with Crippen LogP contribution in [0.3, 0.4) is 0 Å². The van der Waals surface area contributed by atoms with Gasteiger partial charge in [0, 0.05) is 18.4 Å². The Labute approximate surface area is 136 Å². The second-order valence-electron chi connectivity index (χ2n) is 5.68. The molecule has 0 saturated carbocycles. The summed E-state index contributed by atoms with van der Waals surface area (Å²) in [6.07, 6.45) is -0.487. The minimum Gasteiger partial charge on any atom is -0.444 e. The van der Waals surface area contributed by atoms with Crippen LogP contribution in [0.25, 0.3) is 11.0 Å². The van der Waals surface area contributed by atoms with Gasteiger partial charge in [-0.25, -0.2) is 4.79 Å². The van der Waals surface area contributed by atoms with Crippen molar-refractivity contribution in [3.05, 3.63) is 28.3 Å². The Bertz CT molecular complexity index is 723. The Balaban J connectivity index is 1.92. The van der Waals surface area contributed by atoms with Crippen molar-refractivity contribution in [2.45, 2.75) is 31.4 Å². The fraction of sp³-hybridized carbons (Fsp3) is 0.429. The van der Waals surface area contributed by atoms with Gasteiger partial charge in [0.15, 0.2) is 0 Å². The molecule has 0 spiro atoms. The molecule has 9 heteroatoms. The maximum atomic E-state index is 11.5. The summed E-state index contributed by atoms with van der Waals surface area (Å²) >= 11 is 1.34. The number of benzene rings is 1. The third-order valence-electron chi connectivity index (χ3n) is 2.65. The average molecular weight is 339 g/mol. The monoisotopic (exact) mass is 339 g/mol. The molecular formula is C14H17N3O5S. The lowest BCUT2D eigenvalue weighted by Crippen LogP contribution is -2.33. The first-order valence-electron chi connectivity index (χ1n) is 6.90. The van der Waals surface area contributed by atoms with Gasteiger partial charge in [0.2, 0.25) is 5.58 Å². The Morgan fingerprint density at radius 1 is 1.48 bits per heavy atom. The Hall–Kier alpha value is -2.29. The van der Waals surface area contributed by atoms with E-state index >= 15 is 0 Å². The molecule has 0 aliphatic heterocycles. The zero-order valence-electron chi connectivity index (χ0n) is 13.0. The third-order valence-corrected chi connectivity index (χ3v) is 3.63. The number of carbonyl (C=O) groups is 1. The number of hydrogen-bond acceptors (Lipinski definition) is 7. The lowest BCUT2D eigenvalue weighted by atomic mass is 10.2. The molecule has 23 heavy (non-hydrogen) atoms. The molecule has 0 aliphatic carbocycles. The summed E-state index contributed by atoms with van der Waals surface area (Å²) in [4.78, 5) is 21.9. The normalized spacial score (nSPS) is 11.4. The van der Waals surface area contributed by atoms with Crippen molar-refractivity contribution >= 4 is 34.5 Å². The quantitative estimate of drug-likeness (QED) is 0.385. The molecule has 1 aromatic heterocycles. The summed E-state index contributed by atoms with van der Waals surface area (Å²) in [6, 6.07) is 4.66. The number of nitro benzene ring substituents is 1. The largest absolute Gasteiger partial charge is 0.444 e. The van der Waals surface area contributed by atoms with Crippen LogP contribution < -0.4 is 5.32 Å². The summed E-state index contributed by atoms with van der Waals surface area (Å²) in [5, 5.41) is 18.5. The summed E-state index contributed by atoms with van der Waals surface area (Å²) < 4.78 is 10.2.